The van der Waals surface area contributed by atoms with Gasteiger partial charge in [0.15, 0.2) is 5.82 Å². The maximum absolute atomic E-state index is 13.2. The lowest BCUT2D eigenvalue weighted by atomic mass is 10.1. The molecule has 10 nitrogen and oxygen atoms in total. The predicted molar refractivity (Wildman–Crippen MR) is 124 cm³/mol. The molecule has 0 amide bonds. The molecule has 1 aliphatic carbocycles. The van der Waals surface area contributed by atoms with Gasteiger partial charge in [-0.25, -0.2) is 19.6 Å². The number of piperazine rings is 1. The van der Waals surface area contributed by atoms with Crippen molar-refractivity contribution in [3.8, 4) is 17.6 Å². The van der Waals surface area contributed by atoms with Crippen molar-refractivity contribution in [2.45, 2.75) is 25.1 Å². The summed E-state index contributed by atoms with van der Waals surface area (Å²) in [4.78, 5) is 27.8. The van der Waals surface area contributed by atoms with Gasteiger partial charge in [0.2, 0.25) is 0 Å². The molecule has 6 rings (SSSR count). The molecule has 1 atom stereocenters. The van der Waals surface area contributed by atoms with Crippen LogP contribution in [0.3, 0.4) is 0 Å². The van der Waals surface area contributed by atoms with Crippen molar-refractivity contribution in [2.75, 3.05) is 24.5 Å². The van der Waals surface area contributed by atoms with E-state index in [0.717, 1.165) is 17.8 Å². The van der Waals surface area contributed by atoms with E-state index in [9.17, 15) is 23.2 Å². The van der Waals surface area contributed by atoms with Crippen molar-refractivity contribution in [1.82, 2.24) is 34.4 Å². The standard InChI is InChI=1S/C24H20F3N9O/c25-24(26,27)16-1-2-19-31-10-18(35(19)12-16)21-30-6-3-20(33-21)34-8-7-29-17(13-34)15-9-32-36(11-15)22(37)23(14-28)4-5-23/h1-3,6,9-12,17,29H,4-5,7-8,13H2. The minimum atomic E-state index is -4.49. The van der Waals surface area contributed by atoms with Gasteiger partial charge in [-0.3, -0.25) is 9.20 Å². The highest BCUT2D eigenvalue weighted by Gasteiger charge is 2.51. The summed E-state index contributed by atoms with van der Waals surface area (Å²) in [6.07, 6.45) is 3.90. The summed E-state index contributed by atoms with van der Waals surface area (Å²) in [5.41, 5.74) is -0.230. The first-order valence-electron chi connectivity index (χ1n) is 11.6. The molecule has 37 heavy (non-hydrogen) atoms. The zero-order chi connectivity index (χ0) is 25.8. The summed E-state index contributed by atoms with van der Waals surface area (Å²) in [5.74, 6) is 0.559. The number of fused-ring (bicyclic) bond motifs is 1. The van der Waals surface area contributed by atoms with Crippen LogP contribution in [-0.4, -0.2) is 54.7 Å². The van der Waals surface area contributed by atoms with E-state index in [4.69, 9.17) is 0 Å². The van der Waals surface area contributed by atoms with Crippen LogP contribution in [0.4, 0.5) is 19.0 Å². The van der Waals surface area contributed by atoms with E-state index in [1.165, 1.54) is 21.3 Å². The van der Waals surface area contributed by atoms with Gasteiger partial charge >= 0.3 is 6.18 Å². The zero-order valence-electron chi connectivity index (χ0n) is 19.4. The van der Waals surface area contributed by atoms with E-state index in [0.29, 0.717) is 49.6 Å². The molecule has 4 aromatic rings. The van der Waals surface area contributed by atoms with E-state index in [2.05, 4.69) is 31.4 Å². The molecule has 0 spiro atoms. The number of nitrogens with zero attached hydrogens (tertiary/aromatic N) is 8. The number of alkyl halides is 3. The summed E-state index contributed by atoms with van der Waals surface area (Å²) in [6, 6.07) is 6.00. The molecule has 1 unspecified atom stereocenters. The molecule has 1 aliphatic heterocycles. The topological polar surface area (TPSA) is 117 Å². The first-order valence-corrected chi connectivity index (χ1v) is 11.6. The SMILES string of the molecule is N#CC1(C(=O)n2cc(C3CN(c4ccnc(-c5cnc6ccc(C(F)(F)F)cn56)n4)CCN3)cn2)CC1. The largest absolute Gasteiger partial charge is 0.417 e. The number of hydrogen-bond acceptors (Lipinski definition) is 8. The molecule has 1 N–H and O–H groups in total. The Morgan fingerprint density at radius 1 is 1.16 bits per heavy atom. The van der Waals surface area contributed by atoms with Crippen molar-refractivity contribution < 1.29 is 18.0 Å². The number of halogens is 3. The van der Waals surface area contributed by atoms with Crippen molar-refractivity contribution in [2.24, 2.45) is 5.41 Å². The Kier molecular flexibility index (Phi) is 5.23. The molecule has 2 aliphatic rings. The molecule has 1 saturated heterocycles. The minimum Gasteiger partial charge on any atom is -0.353 e. The quantitative estimate of drug-likeness (QED) is 0.448. The van der Waals surface area contributed by atoms with Gasteiger partial charge in [-0.2, -0.15) is 23.5 Å². The van der Waals surface area contributed by atoms with Crippen LogP contribution in [0.2, 0.25) is 0 Å². The monoisotopic (exact) mass is 507 g/mol. The second-order valence-electron chi connectivity index (χ2n) is 9.20. The summed E-state index contributed by atoms with van der Waals surface area (Å²) in [6.45, 7) is 1.80. The third kappa shape index (κ3) is 4.09. The lowest BCUT2D eigenvalue weighted by Gasteiger charge is -2.34. The number of nitrogens with one attached hydrogen (secondary N) is 1. The fourth-order valence-corrected chi connectivity index (χ4v) is 4.49. The summed E-state index contributed by atoms with van der Waals surface area (Å²) in [7, 11) is 0. The van der Waals surface area contributed by atoms with Crippen molar-refractivity contribution in [3.05, 3.63) is 60.3 Å². The van der Waals surface area contributed by atoms with Gasteiger partial charge in [-0.15, -0.1) is 0 Å². The summed E-state index contributed by atoms with van der Waals surface area (Å²) < 4.78 is 42.3. The summed E-state index contributed by atoms with van der Waals surface area (Å²) >= 11 is 0. The van der Waals surface area contributed by atoms with Gasteiger partial charge < -0.3 is 10.2 Å². The Labute approximate surface area is 208 Å². The van der Waals surface area contributed by atoms with Crippen LogP contribution in [0.15, 0.2) is 49.2 Å². The van der Waals surface area contributed by atoms with Crippen molar-refractivity contribution >= 4 is 17.4 Å². The van der Waals surface area contributed by atoms with E-state index in [1.54, 1.807) is 24.7 Å². The van der Waals surface area contributed by atoms with Crippen LogP contribution < -0.4 is 10.2 Å². The highest BCUT2D eigenvalue weighted by atomic mass is 19.4. The number of carbonyl (C=O) groups is 1. The normalized spacial score (nSPS) is 19.1. The van der Waals surface area contributed by atoms with E-state index in [-0.39, 0.29) is 17.8 Å². The van der Waals surface area contributed by atoms with Gasteiger partial charge in [0, 0.05) is 43.8 Å². The average Bonchev–Trinajstić information content (AvgIpc) is 3.35. The molecular weight excluding hydrogens is 487 g/mol. The molecule has 0 aromatic carbocycles. The number of anilines is 1. The Bertz CT molecular complexity index is 1550. The molecule has 0 radical (unpaired) electrons. The van der Waals surface area contributed by atoms with Gasteiger partial charge in [0.1, 0.15) is 22.6 Å². The number of imidazole rings is 1. The van der Waals surface area contributed by atoms with E-state index < -0.39 is 17.2 Å². The zero-order valence-corrected chi connectivity index (χ0v) is 19.4. The molecule has 2 fully saturated rings. The minimum absolute atomic E-state index is 0.143. The predicted octanol–water partition coefficient (Wildman–Crippen LogP) is 3.10. The summed E-state index contributed by atoms with van der Waals surface area (Å²) in [5, 5.41) is 16.9. The second kappa shape index (κ2) is 8.38. The van der Waals surface area contributed by atoms with Gasteiger partial charge in [0.05, 0.1) is 30.1 Å². The lowest BCUT2D eigenvalue weighted by molar-refractivity contribution is -0.137. The lowest BCUT2D eigenvalue weighted by Crippen LogP contribution is -2.46. The molecule has 5 heterocycles. The number of hydrogen-bond donors (Lipinski definition) is 1. The fraction of sp³-hybridized carbons (Fsp3) is 0.333. The maximum Gasteiger partial charge on any atom is 0.417 e. The maximum atomic E-state index is 13.2. The smallest absolute Gasteiger partial charge is 0.353 e. The van der Waals surface area contributed by atoms with E-state index >= 15 is 0 Å². The Morgan fingerprint density at radius 2 is 2.00 bits per heavy atom. The molecular formula is C24H20F3N9O. The third-order valence-electron chi connectivity index (χ3n) is 6.79. The number of carbonyl (C=O) groups excluding carboxylic acids is 1. The van der Waals surface area contributed by atoms with Gasteiger partial charge in [-0.05, 0) is 31.0 Å². The van der Waals surface area contributed by atoms with Crippen molar-refractivity contribution in [3.63, 3.8) is 0 Å². The van der Waals surface area contributed by atoms with E-state index in [1.807, 2.05) is 4.90 Å². The number of pyridine rings is 1. The molecule has 0 bridgehead atoms. The van der Waals surface area contributed by atoms with Crippen LogP contribution in [-0.2, 0) is 6.18 Å². The first-order chi connectivity index (χ1) is 17.8. The second-order valence-corrected chi connectivity index (χ2v) is 9.20. The number of nitriles is 1. The Balaban J connectivity index is 1.25. The van der Waals surface area contributed by atoms with Crippen LogP contribution >= 0.6 is 0 Å². The Hall–Kier alpha value is -4.31. The van der Waals surface area contributed by atoms with Crippen LogP contribution in [0, 0.1) is 16.7 Å². The molecule has 188 valence electrons. The molecule has 13 heteroatoms. The van der Waals surface area contributed by atoms with Crippen LogP contribution in [0.5, 0.6) is 0 Å². The highest BCUT2D eigenvalue weighted by Crippen LogP contribution is 2.46. The fourth-order valence-electron chi connectivity index (χ4n) is 4.49. The molecule has 4 aromatic heterocycles. The van der Waals surface area contributed by atoms with Crippen LogP contribution in [0.25, 0.3) is 17.2 Å². The molecule has 1 saturated carbocycles. The van der Waals surface area contributed by atoms with Crippen molar-refractivity contribution in [1.29, 1.82) is 5.26 Å². The Morgan fingerprint density at radius 3 is 2.76 bits per heavy atom. The van der Waals surface area contributed by atoms with Crippen LogP contribution in [0.1, 0.15) is 34.8 Å². The average molecular weight is 507 g/mol. The van der Waals surface area contributed by atoms with Gasteiger partial charge in [0.25, 0.3) is 5.91 Å². The highest BCUT2D eigenvalue weighted by molar-refractivity contribution is 5.89. The number of aromatic nitrogens is 6. The first kappa shape index (κ1) is 23.1. The number of rotatable bonds is 4. The third-order valence-corrected chi connectivity index (χ3v) is 6.79. The van der Waals surface area contributed by atoms with Gasteiger partial charge in [-0.1, -0.05) is 0 Å².